The molecular weight excluding hydrogens is 230 g/mol. The van der Waals surface area contributed by atoms with Crippen LogP contribution in [0.25, 0.3) is 0 Å². The Morgan fingerprint density at radius 1 is 1.67 bits per heavy atom. The molecule has 0 radical (unpaired) electrons. The van der Waals surface area contributed by atoms with Gasteiger partial charge in [0, 0.05) is 13.7 Å². The second-order valence-corrected chi connectivity index (χ2v) is 4.98. The molecule has 1 aromatic rings. The van der Waals surface area contributed by atoms with Crippen LogP contribution in [-0.4, -0.2) is 35.6 Å². The molecule has 102 valence electrons. The Labute approximate surface area is 108 Å². The lowest BCUT2D eigenvalue weighted by Gasteiger charge is -2.34. The molecule has 2 unspecified atom stereocenters. The van der Waals surface area contributed by atoms with Gasteiger partial charge in [-0.3, -0.25) is 4.68 Å². The van der Waals surface area contributed by atoms with Gasteiger partial charge in [0.1, 0.15) is 0 Å². The molecular formula is C13H23N3O2. The number of likely N-dealkylation sites (N-methyl/N-ethyl adjacent to an activating group) is 1. The van der Waals surface area contributed by atoms with Crippen molar-refractivity contribution in [2.45, 2.75) is 38.3 Å². The highest BCUT2D eigenvalue weighted by molar-refractivity contribution is 5.30. The fourth-order valence-corrected chi connectivity index (χ4v) is 2.75. The molecule has 1 saturated heterocycles. The van der Waals surface area contributed by atoms with Gasteiger partial charge < -0.3 is 14.8 Å². The molecule has 2 rings (SSSR count). The average molecular weight is 253 g/mol. The smallest absolute Gasteiger partial charge is 0.161 e. The van der Waals surface area contributed by atoms with Crippen molar-refractivity contribution >= 4 is 0 Å². The van der Waals surface area contributed by atoms with Gasteiger partial charge in [-0.05, 0) is 26.3 Å². The molecule has 0 saturated carbocycles. The zero-order valence-electron chi connectivity index (χ0n) is 11.7. The first-order chi connectivity index (χ1) is 8.62. The van der Waals surface area contributed by atoms with E-state index in [4.69, 9.17) is 9.47 Å². The number of aromatic nitrogens is 2. The zero-order chi connectivity index (χ0) is 13.2. The van der Waals surface area contributed by atoms with Crippen LogP contribution >= 0.6 is 0 Å². The summed E-state index contributed by atoms with van der Waals surface area (Å²) in [5, 5.41) is 7.81. The molecule has 0 spiro atoms. The van der Waals surface area contributed by atoms with Crippen LogP contribution in [-0.2, 0) is 11.8 Å². The Bertz CT molecular complexity index is 397. The van der Waals surface area contributed by atoms with E-state index in [0.29, 0.717) is 0 Å². The highest BCUT2D eigenvalue weighted by Crippen LogP contribution is 2.40. The second kappa shape index (κ2) is 5.28. The third kappa shape index (κ3) is 2.24. The molecule has 1 aliphatic rings. The summed E-state index contributed by atoms with van der Waals surface area (Å²) in [6.07, 6.45) is 3.93. The van der Waals surface area contributed by atoms with E-state index >= 15 is 0 Å². The summed E-state index contributed by atoms with van der Waals surface area (Å²) in [7, 11) is 3.63. The molecule has 1 aliphatic heterocycles. The van der Waals surface area contributed by atoms with Crippen LogP contribution in [0.1, 0.15) is 38.4 Å². The van der Waals surface area contributed by atoms with Crippen molar-refractivity contribution < 1.29 is 9.47 Å². The largest absolute Gasteiger partial charge is 0.493 e. The Morgan fingerprint density at radius 3 is 3.00 bits per heavy atom. The highest BCUT2D eigenvalue weighted by atomic mass is 16.5. The first-order valence-electron chi connectivity index (χ1n) is 6.55. The van der Waals surface area contributed by atoms with Crippen LogP contribution < -0.4 is 10.1 Å². The quantitative estimate of drug-likeness (QED) is 0.867. The van der Waals surface area contributed by atoms with Gasteiger partial charge in [0.05, 0.1) is 30.6 Å². The summed E-state index contributed by atoms with van der Waals surface area (Å²) in [4.78, 5) is 0. The van der Waals surface area contributed by atoms with Crippen LogP contribution in [0.5, 0.6) is 5.75 Å². The van der Waals surface area contributed by atoms with E-state index in [2.05, 4.69) is 24.3 Å². The van der Waals surface area contributed by atoms with Gasteiger partial charge in [0.15, 0.2) is 5.75 Å². The van der Waals surface area contributed by atoms with Gasteiger partial charge in [-0.1, -0.05) is 6.92 Å². The van der Waals surface area contributed by atoms with Crippen molar-refractivity contribution in [3.8, 4) is 5.75 Å². The lowest BCUT2D eigenvalue weighted by molar-refractivity contribution is -0.0147. The van der Waals surface area contributed by atoms with Crippen LogP contribution in [0.3, 0.4) is 0 Å². The Kier molecular flexibility index (Phi) is 3.92. The fraction of sp³-hybridized carbons (Fsp3) is 0.769. The molecule has 1 aromatic heterocycles. The van der Waals surface area contributed by atoms with E-state index in [9.17, 15) is 0 Å². The van der Waals surface area contributed by atoms with Crippen LogP contribution in [0, 0.1) is 0 Å². The van der Waals surface area contributed by atoms with E-state index in [1.54, 1.807) is 13.3 Å². The Morgan fingerprint density at radius 2 is 2.44 bits per heavy atom. The lowest BCUT2D eigenvalue weighted by atomic mass is 9.90. The molecule has 0 aromatic carbocycles. The normalized spacial score (nSPS) is 25.3. The molecule has 18 heavy (non-hydrogen) atoms. The summed E-state index contributed by atoms with van der Waals surface area (Å²) in [5.74, 6) is 0.820. The van der Waals surface area contributed by atoms with Crippen LogP contribution in [0.2, 0.25) is 0 Å². The fourth-order valence-electron chi connectivity index (χ4n) is 2.75. The third-order valence-electron chi connectivity index (χ3n) is 3.71. The number of ether oxygens (including phenoxy) is 2. The predicted molar refractivity (Wildman–Crippen MR) is 69.8 cm³/mol. The summed E-state index contributed by atoms with van der Waals surface area (Å²) in [5.41, 5.74) is 0.876. The van der Waals surface area contributed by atoms with E-state index in [0.717, 1.165) is 37.4 Å². The second-order valence-electron chi connectivity index (χ2n) is 4.98. The van der Waals surface area contributed by atoms with Crippen molar-refractivity contribution in [2.75, 3.05) is 20.3 Å². The van der Waals surface area contributed by atoms with Gasteiger partial charge in [-0.15, -0.1) is 0 Å². The number of aryl methyl sites for hydroxylation is 1. The van der Waals surface area contributed by atoms with E-state index in [-0.39, 0.29) is 11.6 Å². The molecule has 0 aliphatic carbocycles. The summed E-state index contributed by atoms with van der Waals surface area (Å²) < 4.78 is 13.3. The Hall–Kier alpha value is -1.07. The summed E-state index contributed by atoms with van der Waals surface area (Å²) >= 11 is 0. The standard InChI is InChI=1S/C13H23N3O2/c1-5-14-12(13(2)7-6-8-18-13)11-10(17-4)9-15-16(11)3/h9,12,14H,5-8H2,1-4H3. The minimum absolute atomic E-state index is 0.104. The minimum atomic E-state index is -0.183. The van der Waals surface area contributed by atoms with E-state index in [1.807, 2.05) is 11.7 Å². The van der Waals surface area contributed by atoms with Crippen LogP contribution in [0.15, 0.2) is 6.20 Å². The molecule has 1 fully saturated rings. The van der Waals surface area contributed by atoms with Crippen molar-refractivity contribution in [1.29, 1.82) is 0 Å². The van der Waals surface area contributed by atoms with Gasteiger partial charge >= 0.3 is 0 Å². The highest BCUT2D eigenvalue weighted by Gasteiger charge is 2.41. The van der Waals surface area contributed by atoms with E-state index in [1.165, 1.54) is 0 Å². The number of hydrogen-bond acceptors (Lipinski definition) is 4. The Balaban J connectivity index is 2.37. The SMILES string of the molecule is CCNC(c1c(OC)cnn1C)C1(C)CCCO1. The average Bonchev–Trinajstić information content (AvgIpc) is 2.94. The van der Waals surface area contributed by atoms with Crippen molar-refractivity contribution in [1.82, 2.24) is 15.1 Å². The monoisotopic (exact) mass is 253 g/mol. The van der Waals surface area contributed by atoms with E-state index < -0.39 is 0 Å². The minimum Gasteiger partial charge on any atom is -0.493 e. The maximum atomic E-state index is 5.97. The number of nitrogens with one attached hydrogen (secondary N) is 1. The molecule has 2 heterocycles. The third-order valence-corrected chi connectivity index (χ3v) is 3.71. The summed E-state index contributed by atoms with van der Waals surface area (Å²) in [6, 6.07) is 0.104. The van der Waals surface area contributed by atoms with Gasteiger partial charge in [0.25, 0.3) is 0 Å². The first-order valence-corrected chi connectivity index (χ1v) is 6.55. The zero-order valence-corrected chi connectivity index (χ0v) is 11.7. The number of hydrogen-bond donors (Lipinski definition) is 1. The predicted octanol–water partition coefficient (Wildman–Crippen LogP) is 1.65. The summed E-state index contributed by atoms with van der Waals surface area (Å²) in [6.45, 7) is 5.99. The topological polar surface area (TPSA) is 48.3 Å². The van der Waals surface area contributed by atoms with Crippen molar-refractivity contribution in [3.05, 3.63) is 11.9 Å². The van der Waals surface area contributed by atoms with Crippen molar-refractivity contribution in [2.24, 2.45) is 7.05 Å². The first kappa shape index (κ1) is 13.4. The van der Waals surface area contributed by atoms with Crippen LogP contribution in [0.4, 0.5) is 0 Å². The molecule has 5 heteroatoms. The molecule has 2 atom stereocenters. The number of nitrogens with zero attached hydrogens (tertiary/aromatic N) is 2. The van der Waals surface area contributed by atoms with Gasteiger partial charge in [-0.2, -0.15) is 5.10 Å². The maximum Gasteiger partial charge on any atom is 0.161 e. The van der Waals surface area contributed by atoms with Gasteiger partial charge in [0.2, 0.25) is 0 Å². The number of rotatable bonds is 5. The van der Waals surface area contributed by atoms with Gasteiger partial charge in [-0.25, -0.2) is 0 Å². The molecule has 0 amide bonds. The molecule has 5 nitrogen and oxygen atoms in total. The molecule has 0 bridgehead atoms. The lowest BCUT2D eigenvalue weighted by Crippen LogP contribution is -2.42. The number of methoxy groups -OCH3 is 1. The molecule has 1 N–H and O–H groups in total. The van der Waals surface area contributed by atoms with Crippen molar-refractivity contribution in [3.63, 3.8) is 0 Å². The maximum absolute atomic E-state index is 5.97.